The third-order valence-electron chi connectivity index (χ3n) is 5.43. The van der Waals surface area contributed by atoms with Gasteiger partial charge in [-0.3, -0.25) is 19.2 Å². The first-order valence-corrected chi connectivity index (χ1v) is 14.7. The summed E-state index contributed by atoms with van der Waals surface area (Å²) in [7, 11) is 1.20. The summed E-state index contributed by atoms with van der Waals surface area (Å²) in [6, 6.07) is 4.65. The first-order valence-electron chi connectivity index (χ1n) is 12.1. The molecule has 0 amide bonds. The number of carbonyl (C=O) groups is 7. The van der Waals surface area contributed by atoms with Crippen LogP contribution in [-0.2, 0) is 33.5 Å². The molecule has 0 heterocycles. The minimum absolute atomic E-state index is 0.00929. The third-order valence-corrected chi connectivity index (χ3v) is 8.11. The Hall–Kier alpha value is -2.44. The van der Waals surface area contributed by atoms with Crippen LogP contribution >= 0.6 is 36.2 Å². The Morgan fingerprint density at radius 2 is 1.31 bits per heavy atom. The molecule has 0 spiro atoms. The number of carbonyl (C=O) groups excluding carboxylic acids is 7. The number of benzene rings is 1. The normalized spacial score (nSPS) is 13.1. The molecule has 39 heavy (non-hydrogen) atoms. The Kier molecular flexibility index (Phi) is 15.3. The van der Waals surface area contributed by atoms with E-state index in [4.69, 9.17) is 9.47 Å². The molecule has 0 aliphatic carbocycles. The molecule has 0 radical (unpaired) electrons. The molecule has 12 heteroatoms. The maximum atomic E-state index is 13.1. The number of thioether (sulfide) groups is 2. The number of aryl methyl sites for hydroxylation is 1. The average Bonchev–Trinajstić information content (AvgIpc) is 2.86. The first kappa shape index (κ1) is 34.6. The lowest BCUT2D eigenvalue weighted by atomic mass is 10.1. The number of methoxy groups -OCH3 is 1. The summed E-state index contributed by atoms with van der Waals surface area (Å²) < 4.78 is 10.3. The summed E-state index contributed by atoms with van der Waals surface area (Å²) in [5, 5.41) is -0.793. The van der Waals surface area contributed by atoms with Crippen LogP contribution in [0.15, 0.2) is 18.2 Å². The van der Waals surface area contributed by atoms with Crippen molar-refractivity contribution in [2.75, 3.05) is 24.4 Å². The van der Waals surface area contributed by atoms with E-state index in [9.17, 15) is 33.6 Å². The van der Waals surface area contributed by atoms with Crippen molar-refractivity contribution in [1.29, 1.82) is 0 Å². The Morgan fingerprint density at radius 3 is 1.82 bits per heavy atom. The van der Waals surface area contributed by atoms with Crippen molar-refractivity contribution in [2.45, 2.75) is 47.0 Å². The van der Waals surface area contributed by atoms with Crippen LogP contribution in [0.2, 0.25) is 0 Å². The maximum Gasteiger partial charge on any atom is 0.315 e. The Bertz CT molecular complexity index is 1100. The van der Waals surface area contributed by atoms with Crippen molar-refractivity contribution in [2.24, 2.45) is 17.8 Å². The van der Waals surface area contributed by atoms with Gasteiger partial charge in [0.15, 0.2) is 5.12 Å². The van der Waals surface area contributed by atoms with E-state index in [1.165, 1.54) is 40.0 Å². The molecule has 1 aromatic rings. The summed E-state index contributed by atoms with van der Waals surface area (Å²) in [5.74, 6) is -4.35. The molecule has 0 saturated heterocycles. The Labute approximate surface area is 242 Å². The molecule has 0 N–H and O–H groups in total. The van der Waals surface area contributed by atoms with E-state index >= 15 is 0 Å². The number of ketones is 3. The Morgan fingerprint density at radius 1 is 0.795 bits per heavy atom. The van der Waals surface area contributed by atoms with Gasteiger partial charge in [-0.25, -0.2) is 0 Å². The van der Waals surface area contributed by atoms with E-state index < -0.39 is 34.8 Å². The van der Waals surface area contributed by atoms with E-state index in [-0.39, 0.29) is 70.3 Å². The largest absolute Gasteiger partial charge is 0.469 e. The number of ether oxygens (including phenoxy) is 2. The minimum Gasteiger partial charge on any atom is -0.469 e. The molecule has 0 fully saturated rings. The molecular formula is C27H34O9S3. The lowest BCUT2D eigenvalue weighted by molar-refractivity contribution is -0.146. The van der Waals surface area contributed by atoms with Crippen molar-refractivity contribution in [1.82, 2.24) is 0 Å². The quantitative estimate of drug-likeness (QED) is 0.168. The molecule has 3 atom stereocenters. The summed E-state index contributed by atoms with van der Waals surface area (Å²) in [6.07, 6.45) is -0.216. The van der Waals surface area contributed by atoms with Gasteiger partial charge in [0.1, 0.15) is 23.1 Å². The fourth-order valence-corrected chi connectivity index (χ4v) is 5.85. The van der Waals surface area contributed by atoms with Crippen molar-refractivity contribution in [3.8, 4) is 5.75 Å². The van der Waals surface area contributed by atoms with Crippen LogP contribution < -0.4 is 4.74 Å². The zero-order valence-corrected chi connectivity index (χ0v) is 25.2. The highest BCUT2D eigenvalue weighted by atomic mass is 32.2. The van der Waals surface area contributed by atoms with E-state index in [0.717, 1.165) is 23.5 Å². The topological polar surface area (TPSA) is 138 Å². The van der Waals surface area contributed by atoms with Crippen molar-refractivity contribution in [3.63, 3.8) is 0 Å². The molecule has 0 aliphatic heterocycles. The number of thiol groups is 1. The van der Waals surface area contributed by atoms with Gasteiger partial charge in [-0.05, 0) is 45.4 Å². The second kappa shape index (κ2) is 17.3. The van der Waals surface area contributed by atoms with E-state index in [0.29, 0.717) is 5.56 Å². The van der Waals surface area contributed by atoms with Crippen molar-refractivity contribution in [3.05, 3.63) is 29.3 Å². The van der Waals surface area contributed by atoms with Crippen LogP contribution in [0.4, 0.5) is 0 Å². The lowest BCUT2D eigenvalue weighted by Gasteiger charge is -2.17. The smallest absolute Gasteiger partial charge is 0.315 e. The van der Waals surface area contributed by atoms with E-state index in [2.05, 4.69) is 12.6 Å². The molecule has 214 valence electrons. The third kappa shape index (κ3) is 12.5. The zero-order valence-electron chi connectivity index (χ0n) is 22.6. The van der Waals surface area contributed by atoms with Crippen LogP contribution in [0.5, 0.6) is 5.75 Å². The zero-order chi connectivity index (χ0) is 29.7. The highest BCUT2D eigenvalue weighted by molar-refractivity contribution is 8.14. The SMILES string of the molecule is COC(=O)C(CSC(=O)c1ccc(C)cc1OC(=O)C(CSC(=O)C(CS)CC(C)=O)CC(C)=O)CC(C)=O. The predicted octanol–water partition coefficient (Wildman–Crippen LogP) is 3.92. The summed E-state index contributed by atoms with van der Waals surface area (Å²) in [6.45, 7) is 5.77. The standard InChI is InChI=1S/C27H34O9S3/c1-15-6-7-22(27(34)39-13-20(10-17(3)29)24(31)35-5)23(8-15)36-25(32)21(11-18(4)30)14-38-26(33)19(12-37)9-16(2)28/h6-8,19-21,37H,9-14H2,1-5H3. The molecule has 3 unspecified atom stereocenters. The van der Waals surface area contributed by atoms with E-state index in [1.807, 2.05) is 0 Å². The van der Waals surface area contributed by atoms with Gasteiger partial charge in [-0.1, -0.05) is 29.6 Å². The maximum absolute atomic E-state index is 13.1. The molecule has 0 aliphatic rings. The van der Waals surface area contributed by atoms with Gasteiger partial charge in [0.2, 0.25) is 5.12 Å². The van der Waals surface area contributed by atoms with Crippen LogP contribution in [0.1, 0.15) is 56.0 Å². The van der Waals surface area contributed by atoms with Crippen LogP contribution in [0.3, 0.4) is 0 Å². The fourth-order valence-electron chi connectivity index (χ4n) is 3.48. The van der Waals surface area contributed by atoms with Gasteiger partial charge in [-0.2, -0.15) is 12.6 Å². The van der Waals surface area contributed by atoms with Gasteiger partial charge in [0, 0.05) is 42.4 Å². The second-order valence-corrected chi connectivity index (χ2v) is 11.5. The molecule has 0 bridgehead atoms. The van der Waals surface area contributed by atoms with Crippen LogP contribution in [0, 0.1) is 24.7 Å². The predicted molar refractivity (Wildman–Crippen MR) is 153 cm³/mol. The second-order valence-electron chi connectivity index (χ2n) is 9.16. The van der Waals surface area contributed by atoms with Crippen molar-refractivity contribution < 1.29 is 43.0 Å². The van der Waals surface area contributed by atoms with Gasteiger partial charge >= 0.3 is 11.9 Å². The number of hydrogen-bond donors (Lipinski definition) is 1. The number of hydrogen-bond acceptors (Lipinski definition) is 12. The van der Waals surface area contributed by atoms with Crippen LogP contribution in [-0.4, -0.2) is 63.9 Å². The van der Waals surface area contributed by atoms with Gasteiger partial charge in [0.25, 0.3) is 0 Å². The highest BCUT2D eigenvalue weighted by Gasteiger charge is 2.29. The summed E-state index contributed by atoms with van der Waals surface area (Å²) in [5.41, 5.74) is 0.782. The lowest BCUT2D eigenvalue weighted by Crippen LogP contribution is -2.27. The molecular weight excluding hydrogens is 564 g/mol. The molecule has 0 saturated carbocycles. The average molecular weight is 599 g/mol. The molecule has 0 aromatic heterocycles. The highest BCUT2D eigenvalue weighted by Crippen LogP contribution is 2.29. The number of rotatable bonds is 16. The molecule has 1 rings (SSSR count). The number of Topliss-reactive ketones (excluding diaryl/α,β-unsaturated/α-hetero) is 3. The van der Waals surface area contributed by atoms with Gasteiger partial charge in [-0.15, -0.1) is 0 Å². The Balaban J connectivity index is 3.06. The monoisotopic (exact) mass is 598 g/mol. The van der Waals surface area contributed by atoms with E-state index in [1.54, 1.807) is 13.0 Å². The fraction of sp³-hybridized carbons (Fsp3) is 0.519. The number of esters is 2. The van der Waals surface area contributed by atoms with Gasteiger partial charge < -0.3 is 23.9 Å². The first-order chi connectivity index (χ1) is 18.3. The molecule has 9 nitrogen and oxygen atoms in total. The van der Waals surface area contributed by atoms with Crippen molar-refractivity contribution >= 4 is 75.7 Å². The minimum atomic E-state index is -0.968. The molecule has 1 aromatic carbocycles. The van der Waals surface area contributed by atoms with Gasteiger partial charge in [0.05, 0.1) is 24.5 Å². The summed E-state index contributed by atoms with van der Waals surface area (Å²) in [4.78, 5) is 85.4. The summed E-state index contributed by atoms with van der Waals surface area (Å²) >= 11 is 5.76. The van der Waals surface area contributed by atoms with Crippen LogP contribution in [0.25, 0.3) is 0 Å².